The Kier molecular flexibility index (Phi) is 4.94. The number of ether oxygens (including phenoxy) is 1. The first kappa shape index (κ1) is 16.6. The molecule has 0 aliphatic carbocycles. The topological polar surface area (TPSA) is 58.2 Å². The average molecular weight is 331 g/mol. The highest BCUT2D eigenvalue weighted by molar-refractivity contribution is 5.95. The van der Waals surface area contributed by atoms with E-state index in [1.54, 1.807) is 35.5 Å². The van der Waals surface area contributed by atoms with Gasteiger partial charge >= 0.3 is 0 Å². The Bertz CT molecular complexity index is 687. The van der Waals surface area contributed by atoms with Crippen molar-refractivity contribution in [2.75, 3.05) is 11.5 Å². The molecule has 1 aromatic heterocycles. The number of rotatable bonds is 5. The first-order chi connectivity index (χ1) is 11.6. The summed E-state index contributed by atoms with van der Waals surface area (Å²) < 4.78 is 19.8. The molecule has 1 saturated heterocycles. The zero-order valence-electron chi connectivity index (χ0n) is 13.9. The summed E-state index contributed by atoms with van der Waals surface area (Å²) in [6, 6.07) is 6.51. The molecule has 24 heavy (non-hydrogen) atoms. The summed E-state index contributed by atoms with van der Waals surface area (Å²) in [6.07, 6.45) is 3.82. The van der Waals surface area contributed by atoms with E-state index in [0.29, 0.717) is 24.3 Å². The Hall–Kier alpha value is -2.21. The number of hydrogen-bond donors (Lipinski definition) is 1. The summed E-state index contributed by atoms with van der Waals surface area (Å²) in [4.78, 5) is 14.8. The largest absolute Gasteiger partial charge is 0.377 e. The van der Waals surface area contributed by atoms with Crippen molar-refractivity contribution < 1.29 is 13.9 Å². The standard InChI is InChI=1S/C18H22FN3O2/c1-12(2)17-15(7-8-24-17)18(23)22(14-9-20-21-10-14)11-13-5-3-4-6-16(13)19/h3-6,9-10,12,15,17H,7-8,11H2,1-2H3,(H,20,21). The number of H-pyrrole nitrogens is 1. The fourth-order valence-corrected chi connectivity index (χ4v) is 3.22. The van der Waals surface area contributed by atoms with Crippen molar-refractivity contribution >= 4 is 11.6 Å². The molecule has 0 spiro atoms. The summed E-state index contributed by atoms with van der Waals surface area (Å²) in [6.45, 7) is 4.86. The quantitative estimate of drug-likeness (QED) is 0.916. The molecule has 2 unspecified atom stereocenters. The van der Waals surface area contributed by atoms with Crippen LogP contribution < -0.4 is 4.90 Å². The maximum atomic E-state index is 14.1. The lowest BCUT2D eigenvalue weighted by Crippen LogP contribution is -2.40. The highest BCUT2D eigenvalue weighted by Crippen LogP contribution is 2.30. The van der Waals surface area contributed by atoms with Gasteiger partial charge in [0.15, 0.2) is 0 Å². The first-order valence-corrected chi connectivity index (χ1v) is 8.23. The first-order valence-electron chi connectivity index (χ1n) is 8.23. The molecule has 3 rings (SSSR count). The van der Waals surface area contributed by atoms with Crippen LogP contribution in [0, 0.1) is 17.7 Å². The van der Waals surface area contributed by atoms with Gasteiger partial charge in [0, 0.05) is 18.4 Å². The monoisotopic (exact) mass is 331 g/mol. The Labute approximate surface area is 140 Å². The SMILES string of the molecule is CC(C)C1OCCC1C(=O)N(Cc1ccccc1F)c1cn[nH]c1. The normalized spacial score (nSPS) is 20.5. The van der Waals surface area contributed by atoms with Crippen LogP contribution in [-0.4, -0.2) is 28.8 Å². The van der Waals surface area contributed by atoms with E-state index in [9.17, 15) is 9.18 Å². The number of amides is 1. The van der Waals surface area contributed by atoms with Gasteiger partial charge in [0.05, 0.1) is 30.5 Å². The molecule has 1 aromatic carbocycles. The number of hydrogen-bond acceptors (Lipinski definition) is 3. The van der Waals surface area contributed by atoms with Crippen LogP contribution in [0.4, 0.5) is 10.1 Å². The second kappa shape index (κ2) is 7.13. The Balaban J connectivity index is 1.88. The zero-order valence-corrected chi connectivity index (χ0v) is 13.9. The summed E-state index contributed by atoms with van der Waals surface area (Å²) in [5.74, 6) is -0.328. The van der Waals surface area contributed by atoms with Gasteiger partial charge in [-0.3, -0.25) is 9.89 Å². The Morgan fingerprint density at radius 3 is 2.92 bits per heavy atom. The third kappa shape index (κ3) is 3.33. The van der Waals surface area contributed by atoms with Gasteiger partial charge in [-0.15, -0.1) is 0 Å². The van der Waals surface area contributed by atoms with Crippen LogP contribution >= 0.6 is 0 Å². The van der Waals surface area contributed by atoms with E-state index in [1.165, 1.54) is 6.07 Å². The van der Waals surface area contributed by atoms with Crippen LogP contribution in [-0.2, 0) is 16.1 Å². The fraction of sp³-hybridized carbons (Fsp3) is 0.444. The van der Waals surface area contributed by atoms with Crippen LogP contribution in [0.3, 0.4) is 0 Å². The molecule has 2 atom stereocenters. The maximum absolute atomic E-state index is 14.1. The predicted molar refractivity (Wildman–Crippen MR) is 88.9 cm³/mol. The van der Waals surface area contributed by atoms with Gasteiger partial charge in [-0.25, -0.2) is 4.39 Å². The van der Waals surface area contributed by atoms with Gasteiger partial charge in [-0.05, 0) is 18.4 Å². The number of carbonyl (C=O) groups excluding carboxylic acids is 1. The molecular weight excluding hydrogens is 309 g/mol. The molecule has 1 aliphatic rings. The second-order valence-electron chi connectivity index (χ2n) is 6.45. The van der Waals surface area contributed by atoms with Crippen molar-refractivity contribution in [2.45, 2.75) is 32.9 Å². The van der Waals surface area contributed by atoms with Crippen molar-refractivity contribution in [3.05, 3.63) is 48.0 Å². The Morgan fingerprint density at radius 1 is 1.46 bits per heavy atom. The summed E-state index contributed by atoms with van der Waals surface area (Å²) >= 11 is 0. The van der Waals surface area contributed by atoms with E-state index in [1.807, 2.05) is 0 Å². The predicted octanol–water partition coefficient (Wildman–Crippen LogP) is 3.14. The van der Waals surface area contributed by atoms with Gasteiger partial charge in [0.2, 0.25) is 5.91 Å². The minimum atomic E-state index is -0.318. The van der Waals surface area contributed by atoms with Crippen LogP contribution in [0.1, 0.15) is 25.8 Å². The van der Waals surface area contributed by atoms with E-state index in [4.69, 9.17) is 4.74 Å². The summed E-state index contributed by atoms with van der Waals surface area (Å²) in [7, 11) is 0. The van der Waals surface area contributed by atoms with Gasteiger partial charge < -0.3 is 9.64 Å². The number of benzene rings is 1. The van der Waals surface area contributed by atoms with E-state index in [2.05, 4.69) is 24.0 Å². The minimum Gasteiger partial charge on any atom is -0.377 e. The molecule has 128 valence electrons. The van der Waals surface area contributed by atoms with Gasteiger partial charge in [-0.1, -0.05) is 32.0 Å². The van der Waals surface area contributed by atoms with Gasteiger partial charge in [0.25, 0.3) is 0 Å². The van der Waals surface area contributed by atoms with Gasteiger partial charge in [0.1, 0.15) is 5.82 Å². The van der Waals surface area contributed by atoms with Crippen LogP contribution in [0.25, 0.3) is 0 Å². The maximum Gasteiger partial charge on any atom is 0.233 e. The number of anilines is 1. The lowest BCUT2D eigenvalue weighted by atomic mass is 9.91. The molecule has 1 aliphatic heterocycles. The minimum absolute atomic E-state index is 0.0455. The number of nitrogens with one attached hydrogen (secondary N) is 1. The number of nitrogens with zero attached hydrogens (tertiary/aromatic N) is 2. The van der Waals surface area contributed by atoms with Crippen LogP contribution in [0.15, 0.2) is 36.7 Å². The Morgan fingerprint density at radius 2 is 2.25 bits per heavy atom. The smallest absolute Gasteiger partial charge is 0.233 e. The van der Waals surface area contributed by atoms with Crippen LogP contribution in [0.2, 0.25) is 0 Å². The van der Waals surface area contributed by atoms with E-state index in [-0.39, 0.29) is 36.2 Å². The highest BCUT2D eigenvalue weighted by Gasteiger charge is 2.39. The molecule has 1 fully saturated rings. The van der Waals surface area contributed by atoms with Crippen molar-refractivity contribution in [3.8, 4) is 0 Å². The fourth-order valence-electron chi connectivity index (χ4n) is 3.22. The van der Waals surface area contributed by atoms with E-state index >= 15 is 0 Å². The van der Waals surface area contributed by atoms with E-state index in [0.717, 1.165) is 0 Å². The summed E-state index contributed by atoms with van der Waals surface area (Å²) in [5.41, 5.74) is 1.12. The number of aromatic amines is 1. The highest BCUT2D eigenvalue weighted by atomic mass is 19.1. The molecule has 5 nitrogen and oxygen atoms in total. The molecular formula is C18H22FN3O2. The van der Waals surface area contributed by atoms with Crippen molar-refractivity contribution in [3.63, 3.8) is 0 Å². The average Bonchev–Trinajstić information content (AvgIpc) is 3.24. The van der Waals surface area contributed by atoms with Crippen LogP contribution in [0.5, 0.6) is 0 Å². The molecule has 0 bridgehead atoms. The molecule has 2 heterocycles. The van der Waals surface area contributed by atoms with E-state index < -0.39 is 0 Å². The molecule has 0 saturated carbocycles. The lowest BCUT2D eigenvalue weighted by Gasteiger charge is -2.28. The molecule has 1 N–H and O–H groups in total. The molecule has 2 aromatic rings. The van der Waals surface area contributed by atoms with Crippen molar-refractivity contribution in [2.24, 2.45) is 11.8 Å². The summed E-state index contributed by atoms with van der Waals surface area (Å²) in [5, 5.41) is 6.65. The lowest BCUT2D eigenvalue weighted by molar-refractivity contribution is -0.125. The third-order valence-corrected chi connectivity index (χ3v) is 4.46. The molecule has 0 radical (unpaired) electrons. The number of aromatic nitrogens is 2. The van der Waals surface area contributed by atoms with Crippen molar-refractivity contribution in [1.82, 2.24) is 10.2 Å². The number of carbonyl (C=O) groups is 1. The molecule has 1 amide bonds. The number of halogens is 1. The van der Waals surface area contributed by atoms with Gasteiger partial charge in [-0.2, -0.15) is 5.10 Å². The van der Waals surface area contributed by atoms with Crippen molar-refractivity contribution in [1.29, 1.82) is 0 Å². The zero-order chi connectivity index (χ0) is 17.1. The third-order valence-electron chi connectivity index (χ3n) is 4.46. The molecule has 6 heteroatoms. The second-order valence-corrected chi connectivity index (χ2v) is 6.45.